The Balaban J connectivity index is 1.81. The Bertz CT molecular complexity index is 1910. The summed E-state index contributed by atoms with van der Waals surface area (Å²) in [5, 5.41) is 48.7. The van der Waals surface area contributed by atoms with Crippen LogP contribution >= 0.6 is 11.8 Å². The Morgan fingerprint density at radius 1 is 0.881 bits per heavy atom. The van der Waals surface area contributed by atoms with Gasteiger partial charge in [0, 0.05) is 50.1 Å². The van der Waals surface area contributed by atoms with Crippen molar-refractivity contribution in [1.82, 2.24) is 20.0 Å². The molecule has 9 N–H and O–H groups in total. The molecule has 0 aliphatic carbocycles. The number of nitrogens with one attached hydrogen (secondary N) is 2. The Kier molecular flexibility index (Phi) is 18.2. The lowest BCUT2D eigenvalue weighted by atomic mass is 10.0. The lowest BCUT2D eigenvalue weighted by Gasteiger charge is -2.39. The van der Waals surface area contributed by atoms with E-state index >= 15 is 0 Å². The minimum Gasteiger partial charge on any atom is -0.480 e. The van der Waals surface area contributed by atoms with Crippen molar-refractivity contribution in [3.05, 3.63) is 54.1 Å². The predicted octanol–water partition coefficient (Wildman–Crippen LogP) is -1.08. The summed E-state index contributed by atoms with van der Waals surface area (Å²) in [4.78, 5) is 92.5. The van der Waals surface area contributed by atoms with Gasteiger partial charge in [0.25, 0.3) is 10.0 Å². The minimum absolute atomic E-state index is 0.0317. The van der Waals surface area contributed by atoms with Crippen molar-refractivity contribution < 1.29 is 72.6 Å². The van der Waals surface area contributed by atoms with Crippen LogP contribution in [0.3, 0.4) is 0 Å². The number of hydrogen-bond donors (Lipinski definition) is 8. The first-order valence-corrected chi connectivity index (χ1v) is 20.3. The molecule has 3 rings (SSSR count). The van der Waals surface area contributed by atoms with Crippen LogP contribution < -0.4 is 20.7 Å². The average molecular weight is 870 g/mol. The Morgan fingerprint density at radius 2 is 1.41 bits per heavy atom. The molecule has 2 aromatic carbocycles. The number of sulfonamides is 1. The number of likely N-dealkylation sites (N-methyl/N-ethyl adjacent to an activating group) is 1. The maximum Gasteiger partial charge on any atom is 0.317 e. The summed E-state index contributed by atoms with van der Waals surface area (Å²) in [5.74, 6) is -6.62. The molecule has 2 unspecified atom stereocenters. The summed E-state index contributed by atoms with van der Waals surface area (Å²) in [7, 11) is -2.78. The summed E-state index contributed by atoms with van der Waals surface area (Å²) >= 11 is 1.07. The molecule has 0 radical (unpaired) electrons. The van der Waals surface area contributed by atoms with Crippen molar-refractivity contribution in [2.24, 2.45) is 5.73 Å². The zero-order chi connectivity index (χ0) is 44.0. The number of carboxylic acid groups (broad SMARTS) is 4. The fourth-order valence-corrected chi connectivity index (χ4v) is 8.47. The van der Waals surface area contributed by atoms with Crippen LogP contribution in [0.1, 0.15) is 18.9 Å². The van der Waals surface area contributed by atoms with Gasteiger partial charge in [0.1, 0.15) is 6.73 Å². The van der Waals surface area contributed by atoms with Crippen LogP contribution in [0.5, 0.6) is 0 Å². The van der Waals surface area contributed by atoms with E-state index in [1.807, 2.05) is 0 Å². The van der Waals surface area contributed by atoms with Crippen molar-refractivity contribution in [2.75, 3.05) is 68.4 Å². The minimum atomic E-state index is -4.21. The normalized spacial score (nSPS) is 16.0. The second-order valence-electron chi connectivity index (χ2n) is 13.5. The van der Waals surface area contributed by atoms with E-state index in [4.69, 9.17) is 5.73 Å². The Morgan fingerprint density at radius 3 is 1.90 bits per heavy atom. The fourth-order valence-electron chi connectivity index (χ4n) is 6.31. The van der Waals surface area contributed by atoms with Gasteiger partial charge in [-0.05, 0) is 55.3 Å². The van der Waals surface area contributed by atoms with Crippen LogP contribution in [-0.4, -0.2) is 173 Å². The van der Waals surface area contributed by atoms with E-state index < -0.39 is 108 Å². The lowest BCUT2D eigenvalue weighted by Crippen LogP contribution is -2.54. The maximum atomic E-state index is 13.3. The largest absolute Gasteiger partial charge is 0.480 e. The molecule has 1 heterocycles. The summed E-state index contributed by atoms with van der Waals surface area (Å²) in [6.45, 7) is -2.00. The number of anilines is 2. The second-order valence-corrected chi connectivity index (χ2v) is 16.4. The number of carbonyl (C=O) groups excluding carboxylic acids is 3. The van der Waals surface area contributed by atoms with Gasteiger partial charge in [-0.2, -0.15) is 0 Å². The monoisotopic (exact) mass is 869 g/mol. The molecule has 0 spiro atoms. The van der Waals surface area contributed by atoms with Crippen LogP contribution in [0.2, 0.25) is 0 Å². The first-order chi connectivity index (χ1) is 27.7. The van der Waals surface area contributed by atoms with Crippen molar-refractivity contribution >= 4 is 74.8 Å². The highest BCUT2D eigenvalue weighted by Gasteiger charge is 2.40. The van der Waals surface area contributed by atoms with E-state index in [1.54, 1.807) is 6.92 Å². The molecule has 1 fully saturated rings. The molecular weight excluding hydrogens is 823 g/mol. The lowest BCUT2D eigenvalue weighted by molar-refractivity contribution is -0.277. The van der Waals surface area contributed by atoms with Crippen LogP contribution in [0.4, 0.5) is 11.4 Å². The van der Waals surface area contributed by atoms with E-state index in [0.717, 1.165) is 26.5 Å². The highest BCUT2D eigenvalue weighted by atomic mass is 32.2. The maximum absolute atomic E-state index is 13.3. The molecule has 22 nitrogen and oxygen atoms in total. The number of benzene rings is 2. The number of nitrogens with zero attached hydrogens (tertiary/aromatic N) is 4. The number of rotatable bonds is 26. The van der Waals surface area contributed by atoms with Gasteiger partial charge in [-0.1, -0.05) is 12.1 Å². The van der Waals surface area contributed by atoms with Gasteiger partial charge < -0.3 is 31.5 Å². The SMILES string of the molecule is CNC(=O)C(N)CSC1CC(=O)N(c2ccc(S(=O)(=O)Nc3ccc(C[C@H](CN(CC(=O)O)CC(=O)O)N(COO)[C@@H](C)CN(CC(=O)O)CC(=O)O)cc3)cc2)C1=O. The smallest absolute Gasteiger partial charge is 0.317 e. The molecule has 24 heteroatoms. The van der Waals surface area contributed by atoms with Crippen molar-refractivity contribution in [1.29, 1.82) is 0 Å². The Hall–Kier alpha value is -5.21. The number of aliphatic carboxylic acids is 4. The second kappa shape index (κ2) is 22.2. The van der Waals surface area contributed by atoms with Crippen molar-refractivity contribution in [3.8, 4) is 0 Å². The van der Waals surface area contributed by atoms with Gasteiger partial charge in [-0.3, -0.25) is 58.2 Å². The number of carbonyl (C=O) groups is 7. The van der Waals surface area contributed by atoms with E-state index in [0.29, 0.717) is 5.56 Å². The van der Waals surface area contributed by atoms with E-state index in [9.17, 15) is 67.7 Å². The molecule has 324 valence electrons. The van der Waals surface area contributed by atoms with Gasteiger partial charge in [0.2, 0.25) is 17.7 Å². The topological polar surface area (TPSA) is 327 Å². The van der Waals surface area contributed by atoms with Gasteiger partial charge in [-0.25, -0.2) is 18.2 Å². The van der Waals surface area contributed by atoms with Gasteiger partial charge >= 0.3 is 23.9 Å². The van der Waals surface area contributed by atoms with Crippen LogP contribution in [0.25, 0.3) is 0 Å². The van der Waals surface area contributed by atoms with E-state index in [-0.39, 0.29) is 48.0 Å². The van der Waals surface area contributed by atoms with Crippen LogP contribution in [0.15, 0.2) is 53.4 Å². The molecule has 2 aromatic rings. The van der Waals surface area contributed by atoms with Gasteiger partial charge in [0.05, 0.1) is 48.1 Å². The number of hydrogen-bond acceptors (Lipinski definition) is 16. The van der Waals surface area contributed by atoms with Crippen LogP contribution in [0, 0.1) is 0 Å². The first kappa shape index (κ1) is 48.2. The first-order valence-electron chi connectivity index (χ1n) is 17.8. The Labute approximate surface area is 342 Å². The summed E-state index contributed by atoms with van der Waals surface area (Å²) in [5.41, 5.74) is 6.59. The summed E-state index contributed by atoms with van der Waals surface area (Å²) in [6, 6.07) is 8.51. The molecule has 0 aromatic heterocycles. The number of nitrogens with two attached hydrogens (primary N) is 1. The molecule has 1 saturated heterocycles. The standard InChI is InChI=1S/C35H47N7O15S2/c1-21(13-39(15-30(44)45)16-31(46)47)41(20-57-54)25(14-40(17-32(48)49)18-33(50)51)11-22-3-5-23(6-4-22)38-59(55,56)26-9-7-24(8-10-26)42-29(43)12-28(35(42)53)58-19-27(36)34(52)37-2/h3-10,21,25,27-28,38,54H,11-20,36H2,1-2H3,(H,37,52)(H,44,45)(H,46,47)(H,48,49)(H,50,51)/t21-,25+,27?,28?/m0/s1. The fraction of sp³-hybridized carbons (Fsp3) is 0.457. The molecule has 59 heavy (non-hydrogen) atoms. The molecular formula is C35H47N7O15S2. The molecule has 1 aliphatic rings. The number of carboxylic acids is 4. The van der Waals surface area contributed by atoms with Gasteiger partial charge in [0.15, 0.2) is 0 Å². The number of thioether (sulfide) groups is 1. The molecule has 3 amide bonds. The third kappa shape index (κ3) is 14.8. The predicted molar refractivity (Wildman–Crippen MR) is 210 cm³/mol. The zero-order valence-corrected chi connectivity index (χ0v) is 33.6. The van der Waals surface area contributed by atoms with Crippen molar-refractivity contribution in [2.45, 2.75) is 48.0 Å². The molecule has 0 saturated carbocycles. The molecule has 4 atom stereocenters. The summed E-state index contributed by atoms with van der Waals surface area (Å²) < 4.78 is 29.1. The van der Waals surface area contributed by atoms with E-state index in [1.165, 1.54) is 60.5 Å². The highest BCUT2D eigenvalue weighted by Crippen LogP contribution is 2.31. The van der Waals surface area contributed by atoms with Gasteiger partial charge in [-0.15, -0.1) is 11.8 Å². The third-order valence-corrected chi connectivity index (χ3v) is 11.6. The average Bonchev–Trinajstić information content (AvgIpc) is 3.43. The zero-order valence-electron chi connectivity index (χ0n) is 32.0. The number of amides is 3. The number of imide groups is 1. The summed E-state index contributed by atoms with van der Waals surface area (Å²) in [6.07, 6.45) is -0.0976. The highest BCUT2D eigenvalue weighted by molar-refractivity contribution is 8.00. The van der Waals surface area contributed by atoms with Crippen molar-refractivity contribution in [3.63, 3.8) is 0 Å². The third-order valence-electron chi connectivity index (χ3n) is 8.92. The molecule has 1 aliphatic heterocycles. The quantitative estimate of drug-likeness (QED) is 0.0241. The van der Waals surface area contributed by atoms with E-state index in [2.05, 4.69) is 14.9 Å². The van der Waals surface area contributed by atoms with Crippen LogP contribution in [-0.2, 0) is 54.9 Å². The molecule has 0 bridgehead atoms.